The van der Waals surface area contributed by atoms with E-state index in [2.05, 4.69) is 11.9 Å². The fourth-order valence-corrected chi connectivity index (χ4v) is 1.65. The predicted octanol–water partition coefficient (Wildman–Crippen LogP) is 2.02. The molecule has 14 heavy (non-hydrogen) atoms. The first kappa shape index (κ1) is 8.94. The van der Waals surface area contributed by atoms with Gasteiger partial charge >= 0.3 is 0 Å². The van der Waals surface area contributed by atoms with Crippen molar-refractivity contribution in [3.05, 3.63) is 35.4 Å². The van der Waals surface area contributed by atoms with Crippen molar-refractivity contribution in [1.82, 2.24) is 9.38 Å². The van der Waals surface area contributed by atoms with Crippen LogP contribution in [0.2, 0.25) is 0 Å². The van der Waals surface area contributed by atoms with Crippen LogP contribution in [-0.2, 0) is 6.42 Å². The van der Waals surface area contributed by atoms with Crippen molar-refractivity contribution < 1.29 is 4.79 Å². The molecule has 0 aliphatic carbocycles. The molecular formula is C11H12N2O. The van der Waals surface area contributed by atoms with Crippen LogP contribution in [-0.4, -0.2) is 15.7 Å². The lowest BCUT2D eigenvalue weighted by Gasteiger charge is -1.98. The highest BCUT2D eigenvalue weighted by molar-refractivity contribution is 5.75. The summed E-state index contributed by atoms with van der Waals surface area (Å²) in [6.45, 7) is 4.04. The molecule has 0 saturated carbocycles. The highest BCUT2D eigenvalue weighted by Crippen LogP contribution is 2.13. The second kappa shape index (κ2) is 3.25. The van der Waals surface area contributed by atoms with Crippen molar-refractivity contribution in [3.8, 4) is 0 Å². The van der Waals surface area contributed by atoms with E-state index in [1.807, 2.05) is 29.7 Å². The zero-order chi connectivity index (χ0) is 10.1. The van der Waals surface area contributed by atoms with E-state index >= 15 is 0 Å². The van der Waals surface area contributed by atoms with Gasteiger partial charge in [-0.25, -0.2) is 4.98 Å². The van der Waals surface area contributed by atoms with Gasteiger partial charge in [0.15, 0.2) is 6.29 Å². The molecule has 0 N–H and O–H groups in total. The molecule has 3 heteroatoms. The minimum absolute atomic E-state index is 0.685. The van der Waals surface area contributed by atoms with Gasteiger partial charge in [-0.15, -0.1) is 0 Å². The van der Waals surface area contributed by atoms with Crippen LogP contribution in [0.4, 0.5) is 0 Å². The average Bonchev–Trinajstić information content (AvgIpc) is 2.55. The van der Waals surface area contributed by atoms with E-state index in [-0.39, 0.29) is 0 Å². The van der Waals surface area contributed by atoms with E-state index in [4.69, 9.17) is 0 Å². The highest BCUT2D eigenvalue weighted by Gasteiger charge is 2.05. The SMILES string of the molecule is CCc1nc(C)c2ccc(C=O)cn12. The normalized spacial score (nSPS) is 10.7. The number of carbonyl (C=O) groups excluding carboxylic acids is 1. The van der Waals surface area contributed by atoms with E-state index in [1.54, 1.807) is 0 Å². The molecule has 2 aromatic heterocycles. The third-order valence-corrected chi connectivity index (χ3v) is 2.37. The Hall–Kier alpha value is -1.64. The Morgan fingerprint density at radius 2 is 2.29 bits per heavy atom. The number of aldehydes is 1. The van der Waals surface area contributed by atoms with Crippen LogP contribution in [0.5, 0.6) is 0 Å². The summed E-state index contributed by atoms with van der Waals surface area (Å²) in [5, 5.41) is 0. The summed E-state index contributed by atoms with van der Waals surface area (Å²) in [7, 11) is 0. The fraction of sp³-hybridized carbons (Fsp3) is 0.273. The number of pyridine rings is 1. The summed E-state index contributed by atoms with van der Waals surface area (Å²) in [6.07, 6.45) is 3.56. The van der Waals surface area contributed by atoms with Crippen LogP contribution < -0.4 is 0 Å². The molecule has 2 aromatic rings. The Balaban J connectivity index is 2.77. The number of aryl methyl sites for hydroxylation is 2. The van der Waals surface area contributed by atoms with Gasteiger partial charge in [0.2, 0.25) is 0 Å². The van der Waals surface area contributed by atoms with Crippen LogP contribution in [0.15, 0.2) is 18.3 Å². The Morgan fingerprint density at radius 3 is 2.93 bits per heavy atom. The third-order valence-electron chi connectivity index (χ3n) is 2.37. The smallest absolute Gasteiger partial charge is 0.151 e. The second-order valence-electron chi connectivity index (χ2n) is 3.30. The van der Waals surface area contributed by atoms with Gasteiger partial charge in [0.25, 0.3) is 0 Å². The maximum atomic E-state index is 10.6. The first-order valence-electron chi connectivity index (χ1n) is 4.69. The highest BCUT2D eigenvalue weighted by atomic mass is 16.1. The Morgan fingerprint density at radius 1 is 1.50 bits per heavy atom. The van der Waals surface area contributed by atoms with Gasteiger partial charge in [-0.1, -0.05) is 6.92 Å². The van der Waals surface area contributed by atoms with Gasteiger partial charge in [0.05, 0.1) is 11.2 Å². The number of hydrogen-bond donors (Lipinski definition) is 0. The standard InChI is InChI=1S/C11H12N2O/c1-3-11-12-8(2)10-5-4-9(7-14)6-13(10)11/h4-7H,3H2,1-2H3. The molecule has 3 nitrogen and oxygen atoms in total. The van der Waals surface area contributed by atoms with Gasteiger partial charge in [-0.2, -0.15) is 0 Å². The lowest BCUT2D eigenvalue weighted by molar-refractivity contribution is 0.112. The van der Waals surface area contributed by atoms with Gasteiger partial charge in [0.1, 0.15) is 5.82 Å². The lowest BCUT2D eigenvalue weighted by Crippen LogP contribution is -1.93. The maximum absolute atomic E-state index is 10.6. The van der Waals surface area contributed by atoms with Gasteiger partial charge < -0.3 is 4.40 Å². The van der Waals surface area contributed by atoms with E-state index in [1.165, 1.54) is 0 Å². The van der Waals surface area contributed by atoms with Gasteiger partial charge in [-0.3, -0.25) is 4.79 Å². The molecule has 72 valence electrons. The average molecular weight is 188 g/mol. The Bertz CT molecular complexity index is 485. The molecule has 0 fully saturated rings. The van der Waals surface area contributed by atoms with Crippen molar-refractivity contribution in [1.29, 1.82) is 0 Å². The summed E-state index contributed by atoms with van der Waals surface area (Å²) in [5.41, 5.74) is 2.77. The number of nitrogens with zero attached hydrogens (tertiary/aromatic N) is 2. The van der Waals surface area contributed by atoms with Crippen molar-refractivity contribution in [2.75, 3.05) is 0 Å². The summed E-state index contributed by atoms with van der Waals surface area (Å²) in [6, 6.07) is 3.75. The molecule has 0 aliphatic heterocycles. The maximum Gasteiger partial charge on any atom is 0.151 e. The molecule has 0 radical (unpaired) electrons. The summed E-state index contributed by atoms with van der Waals surface area (Å²) in [4.78, 5) is 15.1. The van der Waals surface area contributed by atoms with E-state index < -0.39 is 0 Å². The zero-order valence-electron chi connectivity index (χ0n) is 8.32. The lowest BCUT2D eigenvalue weighted by atomic mass is 10.2. The number of hydrogen-bond acceptors (Lipinski definition) is 2. The number of aromatic nitrogens is 2. The molecule has 2 rings (SSSR count). The van der Waals surface area contributed by atoms with E-state index in [0.717, 1.165) is 29.7 Å². The second-order valence-corrected chi connectivity index (χ2v) is 3.30. The molecule has 0 saturated heterocycles. The molecule has 0 atom stereocenters. The van der Waals surface area contributed by atoms with Crippen LogP contribution in [0.1, 0.15) is 28.8 Å². The third kappa shape index (κ3) is 1.21. The minimum atomic E-state index is 0.685. The molecule has 0 unspecified atom stereocenters. The number of fused-ring (bicyclic) bond motifs is 1. The van der Waals surface area contributed by atoms with Gasteiger partial charge in [-0.05, 0) is 19.1 Å². The molecule has 0 aliphatic rings. The van der Waals surface area contributed by atoms with E-state index in [0.29, 0.717) is 5.56 Å². The summed E-state index contributed by atoms with van der Waals surface area (Å²) in [5.74, 6) is 1.00. The number of imidazole rings is 1. The fourth-order valence-electron chi connectivity index (χ4n) is 1.65. The van der Waals surface area contributed by atoms with Crippen LogP contribution in [0.3, 0.4) is 0 Å². The molecule has 0 bridgehead atoms. The largest absolute Gasteiger partial charge is 0.303 e. The van der Waals surface area contributed by atoms with Crippen LogP contribution in [0.25, 0.3) is 5.52 Å². The topological polar surface area (TPSA) is 34.4 Å². The van der Waals surface area contributed by atoms with E-state index in [9.17, 15) is 4.79 Å². The zero-order valence-corrected chi connectivity index (χ0v) is 8.32. The predicted molar refractivity (Wildman–Crippen MR) is 54.7 cm³/mol. The molecule has 0 amide bonds. The molecule has 0 aromatic carbocycles. The number of rotatable bonds is 2. The first-order chi connectivity index (χ1) is 6.76. The Kier molecular flexibility index (Phi) is 2.08. The Labute approximate surface area is 82.4 Å². The minimum Gasteiger partial charge on any atom is -0.303 e. The number of carbonyl (C=O) groups is 1. The molecule has 2 heterocycles. The summed E-state index contributed by atoms with van der Waals surface area (Å²) < 4.78 is 1.99. The van der Waals surface area contributed by atoms with Crippen LogP contribution >= 0.6 is 0 Å². The quantitative estimate of drug-likeness (QED) is 0.676. The summed E-state index contributed by atoms with van der Waals surface area (Å²) >= 11 is 0. The molecular weight excluding hydrogens is 176 g/mol. The van der Waals surface area contributed by atoms with Crippen molar-refractivity contribution in [2.45, 2.75) is 20.3 Å². The van der Waals surface area contributed by atoms with Crippen LogP contribution in [0, 0.1) is 6.92 Å². The first-order valence-corrected chi connectivity index (χ1v) is 4.69. The van der Waals surface area contributed by atoms with Crippen molar-refractivity contribution >= 4 is 11.8 Å². The van der Waals surface area contributed by atoms with Crippen molar-refractivity contribution in [3.63, 3.8) is 0 Å². The monoisotopic (exact) mass is 188 g/mol. The van der Waals surface area contributed by atoms with Crippen molar-refractivity contribution in [2.24, 2.45) is 0 Å². The van der Waals surface area contributed by atoms with Gasteiger partial charge in [0, 0.05) is 18.2 Å². The molecule has 0 spiro atoms.